The van der Waals surface area contributed by atoms with Crippen LogP contribution in [0.3, 0.4) is 0 Å². The predicted octanol–water partition coefficient (Wildman–Crippen LogP) is 3.93. The number of hydrogen-bond acceptors (Lipinski definition) is 6. The molecule has 6 nitrogen and oxygen atoms in total. The minimum absolute atomic E-state index is 0.0136. The summed E-state index contributed by atoms with van der Waals surface area (Å²) in [5.41, 5.74) is 3.62. The van der Waals surface area contributed by atoms with Gasteiger partial charge in [0.25, 0.3) is 0 Å². The van der Waals surface area contributed by atoms with Crippen molar-refractivity contribution in [3.63, 3.8) is 0 Å². The van der Waals surface area contributed by atoms with Crippen molar-refractivity contribution in [3.05, 3.63) is 64.2 Å². The number of phenols is 1. The third kappa shape index (κ3) is 3.52. The summed E-state index contributed by atoms with van der Waals surface area (Å²) in [6.45, 7) is 2.47. The Hall–Kier alpha value is -3.11. The van der Waals surface area contributed by atoms with Gasteiger partial charge in [-0.15, -0.1) is 0 Å². The van der Waals surface area contributed by atoms with Crippen molar-refractivity contribution in [2.75, 3.05) is 24.6 Å². The summed E-state index contributed by atoms with van der Waals surface area (Å²) in [6, 6.07) is 15.5. The number of fused-ring (bicyclic) bond motifs is 1. The number of nitriles is 1. The van der Waals surface area contributed by atoms with Crippen molar-refractivity contribution in [1.29, 1.82) is 5.26 Å². The van der Waals surface area contributed by atoms with E-state index < -0.39 is 0 Å². The first-order chi connectivity index (χ1) is 14.0. The summed E-state index contributed by atoms with van der Waals surface area (Å²) < 4.78 is 5.19. The molecular formula is C22H21N3O3S. The van der Waals surface area contributed by atoms with Crippen LogP contribution < -0.4 is 9.64 Å². The molecule has 1 N–H and O–H groups in total. The highest BCUT2D eigenvalue weighted by atomic mass is 32.2. The molecule has 4 rings (SSSR count). The average molecular weight is 407 g/mol. The third-order valence-corrected chi connectivity index (χ3v) is 6.45. The zero-order valence-corrected chi connectivity index (χ0v) is 17.1. The van der Waals surface area contributed by atoms with Gasteiger partial charge in [0, 0.05) is 18.0 Å². The molecule has 7 heteroatoms. The number of carbonyl (C=O) groups is 1. The molecule has 2 aliphatic rings. The van der Waals surface area contributed by atoms with E-state index in [1.807, 2.05) is 6.92 Å². The summed E-state index contributed by atoms with van der Waals surface area (Å²) in [7, 11) is 1.48. The molecule has 0 aromatic heterocycles. The van der Waals surface area contributed by atoms with Crippen molar-refractivity contribution in [1.82, 2.24) is 4.90 Å². The molecule has 2 aromatic carbocycles. The number of aromatic hydroxyl groups is 1. The largest absolute Gasteiger partial charge is 0.504 e. The average Bonchev–Trinajstić information content (AvgIpc) is 2.74. The lowest BCUT2D eigenvalue weighted by atomic mass is 9.86. The first kappa shape index (κ1) is 19.2. The van der Waals surface area contributed by atoms with E-state index in [4.69, 9.17) is 4.74 Å². The zero-order chi connectivity index (χ0) is 20.5. The van der Waals surface area contributed by atoms with E-state index in [9.17, 15) is 15.2 Å². The van der Waals surface area contributed by atoms with E-state index in [1.54, 1.807) is 17.0 Å². The van der Waals surface area contributed by atoms with Crippen molar-refractivity contribution in [3.8, 4) is 17.6 Å². The number of thioether (sulfide) groups is 1. The number of anilines is 1. The van der Waals surface area contributed by atoms with E-state index in [0.29, 0.717) is 23.9 Å². The minimum Gasteiger partial charge on any atom is -0.504 e. The fraction of sp³-hybridized carbons (Fsp3) is 0.273. The molecule has 2 aromatic rings. The second-order valence-corrected chi connectivity index (χ2v) is 8.06. The van der Waals surface area contributed by atoms with Gasteiger partial charge in [0.05, 0.1) is 36.3 Å². The van der Waals surface area contributed by atoms with Crippen molar-refractivity contribution >= 4 is 23.4 Å². The fourth-order valence-electron chi connectivity index (χ4n) is 3.68. The molecule has 148 valence electrons. The molecule has 2 heterocycles. The van der Waals surface area contributed by atoms with Gasteiger partial charge in [0.1, 0.15) is 0 Å². The summed E-state index contributed by atoms with van der Waals surface area (Å²) >= 11 is 1.51. The van der Waals surface area contributed by atoms with Crippen LogP contribution >= 0.6 is 11.8 Å². The minimum atomic E-state index is -0.341. The maximum atomic E-state index is 13.0. The first-order valence-corrected chi connectivity index (χ1v) is 10.3. The number of aryl methyl sites for hydroxylation is 1. The molecule has 0 radical (unpaired) electrons. The molecule has 1 saturated heterocycles. The van der Waals surface area contributed by atoms with Gasteiger partial charge >= 0.3 is 0 Å². The maximum absolute atomic E-state index is 13.0. The van der Waals surface area contributed by atoms with Crippen LogP contribution in [0.15, 0.2) is 53.1 Å². The zero-order valence-electron chi connectivity index (χ0n) is 16.3. The Bertz CT molecular complexity index is 1030. The Labute approximate surface area is 174 Å². The van der Waals surface area contributed by atoms with Crippen molar-refractivity contribution < 1.29 is 14.6 Å². The Balaban J connectivity index is 1.66. The van der Waals surface area contributed by atoms with E-state index in [1.165, 1.54) is 30.5 Å². The predicted molar refractivity (Wildman–Crippen MR) is 112 cm³/mol. The topological polar surface area (TPSA) is 76.8 Å². The molecule has 1 amide bonds. The van der Waals surface area contributed by atoms with Gasteiger partial charge in [-0.25, -0.2) is 0 Å². The van der Waals surface area contributed by atoms with Crippen LogP contribution in [0.1, 0.15) is 23.5 Å². The van der Waals surface area contributed by atoms with Crippen LogP contribution in [0.25, 0.3) is 0 Å². The van der Waals surface area contributed by atoms with Gasteiger partial charge in [0.2, 0.25) is 5.91 Å². The molecule has 1 atom stereocenters. The second kappa shape index (κ2) is 7.72. The van der Waals surface area contributed by atoms with E-state index in [0.717, 1.165) is 16.3 Å². The molecule has 0 aliphatic carbocycles. The number of benzene rings is 2. The number of allylic oxidation sites excluding steroid dienone is 1. The Morgan fingerprint density at radius 3 is 2.69 bits per heavy atom. The van der Waals surface area contributed by atoms with Crippen LogP contribution in [0.5, 0.6) is 11.5 Å². The molecule has 1 fully saturated rings. The number of ether oxygens (including phenoxy) is 1. The summed E-state index contributed by atoms with van der Waals surface area (Å²) in [4.78, 5) is 16.8. The van der Waals surface area contributed by atoms with E-state index in [2.05, 4.69) is 35.2 Å². The lowest BCUT2D eigenvalue weighted by Crippen LogP contribution is -2.47. The maximum Gasteiger partial charge on any atom is 0.229 e. The molecule has 0 bridgehead atoms. The van der Waals surface area contributed by atoms with Crippen molar-refractivity contribution in [2.24, 2.45) is 0 Å². The summed E-state index contributed by atoms with van der Waals surface area (Å²) in [5.74, 6) is 0.680. The number of amides is 1. The Morgan fingerprint density at radius 2 is 2.00 bits per heavy atom. The van der Waals surface area contributed by atoms with Crippen molar-refractivity contribution in [2.45, 2.75) is 19.3 Å². The van der Waals surface area contributed by atoms with Crippen LogP contribution in [0.2, 0.25) is 0 Å². The first-order valence-electron chi connectivity index (χ1n) is 9.27. The van der Waals surface area contributed by atoms with Crippen LogP contribution in [0, 0.1) is 18.3 Å². The Morgan fingerprint density at radius 1 is 1.24 bits per heavy atom. The van der Waals surface area contributed by atoms with Crippen LogP contribution in [0.4, 0.5) is 5.69 Å². The van der Waals surface area contributed by atoms with E-state index in [-0.39, 0.29) is 24.0 Å². The second-order valence-electron chi connectivity index (χ2n) is 7.13. The van der Waals surface area contributed by atoms with E-state index >= 15 is 0 Å². The molecule has 0 unspecified atom stereocenters. The summed E-state index contributed by atoms with van der Waals surface area (Å²) in [6.07, 6.45) is 0.211. The summed E-state index contributed by atoms with van der Waals surface area (Å²) in [5, 5.41) is 20.5. The van der Waals surface area contributed by atoms with Gasteiger partial charge in [-0.2, -0.15) is 5.26 Å². The van der Waals surface area contributed by atoms with Gasteiger partial charge in [-0.1, -0.05) is 35.5 Å². The molecular weight excluding hydrogens is 386 g/mol. The van der Waals surface area contributed by atoms with Gasteiger partial charge in [-0.3, -0.25) is 9.69 Å². The number of rotatable bonds is 3. The smallest absolute Gasteiger partial charge is 0.229 e. The highest BCUT2D eigenvalue weighted by Crippen LogP contribution is 2.44. The quantitative estimate of drug-likeness (QED) is 0.831. The normalized spacial score (nSPS) is 19.1. The highest BCUT2D eigenvalue weighted by Gasteiger charge is 2.38. The van der Waals surface area contributed by atoms with Gasteiger partial charge < -0.3 is 14.7 Å². The molecule has 0 spiro atoms. The number of carbonyl (C=O) groups excluding carboxylic acids is 1. The fourth-order valence-corrected chi connectivity index (χ4v) is 4.84. The molecule has 0 saturated carbocycles. The number of methoxy groups -OCH3 is 1. The number of nitrogens with zero attached hydrogens (tertiary/aromatic N) is 3. The van der Waals surface area contributed by atoms with Gasteiger partial charge in [0.15, 0.2) is 11.5 Å². The van der Waals surface area contributed by atoms with Crippen LogP contribution in [-0.2, 0) is 4.79 Å². The monoisotopic (exact) mass is 407 g/mol. The Kier molecular flexibility index (Phi) is 5.12. The highest BCUT2D eigenvalue weighted by molar-refractivity contribution is 8.03. The lowest BCUT2D eigenvalue weighted by molar-refractivity contribution is -0.129. The lowest BCUT2D eigenvalue weighted by Gasteiger charge is -2.42. The third-order valence-electron chi connectivity index (χ3n) is 5.30. The van der Waals surface area contributed by atoms with Gasteiger partial charge in [-0.05, 0) is 36.8 Å². The van der Waals surface area contributed by atoms with Crippen LogP contribution in [-0.4, -0.2) is 35.6 Å². The molecule has 29 heavy (non-hydrogen) atoms. The number of phenolic OH excluding ortho intramolecular Hbond substituents is 1. The number of hydrogen-bond donors (Lipinski definition) is 1. The standard InChI is InChI=1S/C22H21N3O3S/c1-14-3-6-16(7-4-14)24-12-25-21(27)10-17(18(11-23)22(25)29-13-24)15-5-8-19(26)20(9-15)28-2/h3-9,17,26H,10,12-13H2,1-2H3/t17-/m1/s1. The molecule has 2 aliphatic heterocycles. The SMILES string of the molecule is COc1cc([C@H]2CC(=O)N3CN(c4ccc(C)cc4)CSC3=C2C#N)ccc1O.